The number of hydrogen-bond acceptors (Lipinski definition) is 5. The summed E-state index contributed by atoms with van der Waals surface area (Å²) in [5.74, 6) is 0.600. The van der Waals surface area contributed by atoms with Gasteiger partial charge in [0, 0.05) is 29.4 Å². The smallest absolute Gasteiger partial charge is 0.270 e. The maximum atomic E-state index is 12.3. The third-order valence-electron chi connectivity index (χ3n) is 3.20. The van der Waals surface area contributed by atoms with E-state index in [1.165, 1.54) is 6.33 Å². The van der Waals surface area contributed by atoms with Crippen molar-refractivity contribution in [2.45, 2.75) is 52.1 Å². The van der Waals surface area contributed by atoms with Gasteiger partial charge in [-0.1, -0.05) is 6.07 Å². The molecule has 6 nitrogen and oxygen atoms in total. The van der Waals surface area contributed by atoms with Crippen molar-refractivity contribution in [3.05, 3.63) is 48.2 Å². The van der Waals surface area contributed by atoms with Gasteiger partial charge in [0.2, 0.25) is 0 Å². The monoisotopic (exact) mass is 327 g/mol. The third-order valence-corrected chi connectivity index (χ3v) is 3.20. The van der Waals surface area contributed by atoms with Gasteiger partial charge >= 0.3 is 0 Å². The Kier molecular flexibility index (Phi) is 5.17. The number of anilines is 1. The van der Waals surface area contributed by atoms with E-state index in [-0.39, 0.29) is 17.0 Å². The normalized spacial score (nSPS) is 11.9. The minimum Gasteiger partial charge on any atom is -0.365 e. The third kappa shape index (κ3) is 5.61. The molecule has 0 bridgehead atoms. The molecule has 24 heavy (non-hydrogen) atoms. The first-order valence-electron chi connectivity index (χ1n) is 7.97. The molecule has 128 valence electrons. The fourth-order valence-corrected chi connectivity index (χ4v) is 2.32. The van der Waals surface area contributed by atoms with Crippen LogP contribution >= 0.6 is 0 Å². The first-order valence-corrected chi connectivity index (χ1v) is 7.97. The van der Waals surface area contributed by atoms with E-state index in [1.54, 1.807) is 12.3 Å². The summed E-state index contributed by atoms with van der Waals surface area (Å²) >= 11 is 0. The van der Waals surface area contributed by atoms with Crippen LogP contribution in [0.2, 0.25) is 0 Å². The van der Waals surface area contributed by atoms with Crippen molar-refractivity contribution in [1.29, 1.82) is 0 Å². The molecule has 0 aliphatic carbocycles. The molecule has 2 aromatic heterocycles. The average molecular weight is 327 g/mol. The Morgan fingerprint density at radius 2 is 1.88 bits per heavy atom. The molecule has 0 aliphatic rings. The number of rotatable bonds is 5. The number of aromatic nitrogens is 3. The van der Waals surface area contributed by atoms with E-state index in [1.807, 2.05) is 39.0 Å². The fourth-order valence-electron chi connectivity index (χ4n) is 2.32. The topological polar surface area (TPSA) is 79.8 Å². The van der Waals surface area contributed by atoms with Crippen molar-refractivity contribution < 1.29 is 4.79 Å². The number of carbonyl (C=O) groups is 1. The van der Waals surface area contributed by atoms with Crippen LogP contribution in [0.5, 0.6) is 0 Å². The molecule has 6 heteroatoms. The summed E-state index contributed by atoms with van der Waals surface area (Å²) in [7, 11) is 0. The van der Waals surface area contributed by atoms with Crippen LogP contribution < -0.4 is 10.6 Å². The summed E-state index contributed by atoms with van der Waals surface area (Å²) in [4.78, 5) is 24.9. The molecule has 0 fully saturated rings. The minimum absolute atomic E-state index is 0.161. The Labute approximate surface area is 143 Å². The summed E-state index contributed by atoms with van der Waals surface area (Å²) < 4.78 is 0. The van der Waals surface area contributed by atoms with E-state index in [2.05, 4.69) is 39.4 Å². The predicted octanol–water partition coefficient (Wildman–Crippen LogP) is 2.83. The lowest BCUT2D eigenvalue weighted by molar-refractivity contribution is 0.0914. The Morgan fingerprint density at radius 3 is 2.50 bits per heavy atom. The molecular weight excluding hydrogens is 302 g/mol. The Bertz CT molecular complexity index is 692. The van der Waals surface area contributed by atoms with Crippen LogP contribution in [-0.4, -0.2) is 31.9 Å². The molecule has 2 heterocycles. The summed E-state index contributed by atoms with van der Waals surface area (Å²) in [6.45, 7) is 9.98. The van der Waals surface area contributed by atoms with E-state index in [0.29, 0.717) is 12.1 Å². The Balaban J connectivity index is 2.09. The van der Waals surface area contributed by atoms with E-state index in [4.69, 9.17) is 0 Å². The maximum Gasteiger partial charge on any atom is 0.270 e. The van der Waals surface area contributed by atoms with Crippen molar-refractivity contribution in [3.63, 3.8) is 0 Å². The summed E-state index contributed by atoms with van der Waals surface area (Å²) in [6.07, 6.45) is 3.86. The van der Waals surface area contributed by atoms with Crippen molar-refractivity contribution in [1.82, 2.24) is 20.3 Å². The molecule has 0 atom stereocenters. The Hall–Kier alpha value is -2.50. The van der Waals surface area contributed by atoms with Crippen molar-refractivity contribution in [2.24, 2.45) is 0 Å². The SMILES string of the molecule is CC(C)(C)NC(=O)c1cccc(CC(C)(C)Nc2ccncn2)n1. The number of nitrogens with one attached hydrogen (secondary N) is 2. The zero-order chi connectivity index (χ0) is 17.8. The lowest BCUT2D eigenvalue weighted by atomic mass is 9.97. The van der Waals surface area contributed by atoms with Gasteiger partial charge in [0.1, 0.15) is 17.8 Å². The van der Waals surface area contributed by atoms with Crippen LogP contribution in [0.4, 0.5) is 5.82 Å². The van der Waals surface area contributed by atoms with Gasteiger partial charge in [0.15, 0.2) is 0 Å². The van der Waals surface area contributed by atoms with Gasteiger partial charge in [-0.2, -0.15) is 0 Å². The van der Waals surface area contributed by atoms with Crippen molar-refractivity contribution in [3.8, 4) is 0 Å². The second-order valence-electron chi connectivity index (χ2n) is 7.50. The number of carbonyl (C=O) groups excluding carboxylic acids is 1. The molecule has 0 saturated heterocycles. The van der Waals surface area contributed by atoms with Crippen LogP contribution in [0.25, 0.3) is 0 Å². The second-order valence-corrected chi connectivity index (χ2v) is 7.50. The van der Waals surface area contributed by atoms with Crippen LogP contribution in [0.1, 0.15) is 50.8 Å². The average Bonchev–Trinajstić information content (AvgIpc) is 2.45. The fraction of sp³-hybridized carbons (Fsp3) is 0.444. The molecular formula is C18H25N5O. The highest BCUT2D eigenvalue weighted by molar-refractivity contribution is 5.92. The lowest BCUT2D eigenvalue weighted by Crippen LogP contribution is -2.41. The zero-order valence-electron chi connectivity index (χ0n) is 14.9. The predicted molar refractivity (Wildman–Crippen MR) is 94.9 cm³/mol. The van der Waals surface area contributed by atoms with Crippen molar-refractivity contribution in [2.75, 3.05) is 5.32 Å². The standard InChI is InChI=1S/C18H25N5O/c1-17(2,3)23-16(24)14-8-6-7-13(21-14)11-18(4,5)22-15-9-10-19-12-20-15/h6-10,12H,11H2,1-5H3,(H,23,24)(H,19,20,22). The first-order chi connectivity index (χ1) is 11.1. The number of hydrogen-bond donors (Lipinski definition) is 2. The van der Waals surface area contributed by atoms with Gasteiger partial charge in [-0.3, -0.25) is 4.79 Å². The first kappa shape index (κ1) is 17.8. The zero-order valence-corrected chi connectivity index (χ0v) is 14.9. The van der Waals surface area contributed by atoms with E-state index in [9.17, 15) is 4.79 Å². The lowest BCUT2D eigenvalue weighted by Gasteiger charge is -2.26. The highest BCUT2D eigenvalue weighted by Crippen LogP contribution is 2.17. The van der Waals surface area contributed by atoms with E-state index < -0.39 is 0 Å². The second kappa shape index (κ2) is 6.95. The molecule has 0 radical (unpaired) electrons. The molecule has 2 rings (SSSR count). The quantitative estimate of drug-likeness (QED) is 0.883. The van der Waals surface area contributed by atoms with Gasteiger partial charge in [-0.15, -0.1) is 0 Å². The number of amides is 1. The molecule has 0 aromatic carbocycles. The van der Waals surface area contributed by atoms with Gasteiger partial charge < -0.3 is 10.6 Å². The van der Waals surface area contributed by atoms with Gasteiger partial charge in [0.05, 0.1) is 0 Å². The van der Waals surface area contributed by atoms with Crippen LogP contribution in [-0.2, 0) is 6.42 Å². The molecule has 0 aliphatic heterocycles. The minimum atomic E-state index is -0.289. The Morgan fingerprint density at radius 1 is 1.12 bits per heavy atom. The molecule has 1 amide bonds. The number of nitrogens with zero attached hydrogens (tertiary/aromatic N) is 3. The van der Waals surface area contributed by atoms with Gasteiger partial charge in [-0.05, 0) is 52.8 Å². The molecule has 2 aromatic rings. The molecule has 0 spiro atoms. The van der Waals surface area contributed by atoms with Crippen LogP contribution in [0, 0.1) is 0 Å². The molecule has 0 unspecified atom stereocenters. The summed E-state index contributed by atoms with van der Waals surface area (Å²) in [5.41, 5.74) is 0.728. The van der Waals surface area contributed by atoms with Crippen LogP contribution in [0.15, 0.2) is 36.8 Å². The summed E-state index contributed by atoms with van der Waals surface area (Å²) in [6, 6.07) is 7.34. The largest absolute Gasteiger partial charge is 0.365 e. The number of pyridine rings is 1. The molecule has 0 saturated carbocycles. The summed E-state index contributed by atoms with van der Waals surface area (Å²) in [5, 5.41) is 6.29. The molecule has 2 N–H and O–H groups in total. The highest BCUT2D eigenvalue weighted by Gasteiger charge is 2.21. The van der Waals surface area contributed by atoms with Gasteiger partial charge in [0.25, 0.3) is 5.91 Å². The van der Waals surface area contributed by atoms with Crippen LogP contribution in [0.3, 0.4) is 0 Å². The highest BCUT2D eigenvalue weighted by atomic mass is 16.2. The van der Waals surface area contributed by atoms with Crippen molar-refractivity contribution >= 4 is 11.7 Å². The maximum absolute atomic E-state index is 12.3. The van der Waals surface area contributed by atoms with Gasteiger partial charge in [-0.25, -0.2) is 15.0 Å². The van der Waals surface area contributed by atoms with E-state index in [0.717, 1.165) is 11.5 Å². The van der Waals surface area contributed by atoms with E-state index >= 15 is 0 Å².